The number of hydrogen-bond acceptors (Lipinski definition) is 4. The van der Waals surface area contributed by atoms with E-state index in [-0.39, 0.29) is 12.0 Å². The van der Waals surface area contributed by atoms with Gasteiger partial charge in [0.2, 0.25) is 0 Å². The van der Waals surface area contributed by atoms with Crippen molar-refractivity contribution in [3.8, 4) is 0 Å². The molecule has 0 spiro atoms. The lowest BCUT2D eigenvalue weighted by molar-refractivity contribution is -0.191. The maximum absolute atomic E-state index is 13.3. The fraction of sp³-hybridized carbons (Fsp3) is 0.682. The number of nitrogens with zero attached hydrogens (tertiary/aromatic N) is 1. The number of piperidine rings is 1. The van der Waals surface area contributed by atoms with Crippen molar-refractivity contribution >= 4 is 5.97 Å². The van der Waals surface area contributed by atoms with Gasteiger partial charge in [0.15, 0.2) is 5.60 Å². The number of esters is 1. The van der Waals surface area contributed by atoms with Crippen LogP contribution in [-0.4, -0.2) is 42.2 Å². The molecule has 1 aliphatic heterocycles. The molecule has 26 heavy (non-hydrogen) atoms. The Balaban J connectivity index is 1.59. The van der Waals surface area contributed by atoms with E-state index in [1.165, 1.54) is 6.42 Å². The largest absolute Gasteiger partial charge is 0.459 e. The van der Waals surface area contributed by atoms with E-state index in [9.17, 15) is 9.90 Å². The summed E-state index contributed by atoms with van der Waals surface area (Å²) in [5.41, 5.74) is -0.815. The molecule has 2 saturated carbocycles. The van der Waals surface area contributed by atoms with E-state index in [2.05, 4.69) is 11.9 Å². The molecule has 4 heteroatoms. The second-order valence-electron chi connectivity index (χ2n) is 8.66. The van der Waals surface area contributed by atoms with Crippen molar-refractivity contribution in [2.75, 3.05) is 20.1 Å². The molecule has 0 radical (unpaired) electrons. The molecule has 142 valence electrons. The molecule has 2 bridgehead atoms. The highest BCUT2D eigenvalue weighted by molar-refractivity contribution is 5.82. The monoisotopic (exact) mass is 357 g/mol. The van der Waals surface area contributed by atoms with Gasteiger partial charge in [-0.15, -0.1) is 0 Å². The Labute approximate surface area is 156 Å². The number of carbonyl (C=O) groups is 1. The number of fused-ring (bicyclic) bond motifs is 2. The third-order valence-electron chi connectivity index (χ3n) is 6.89. The van der Waals surface area contributed by atoms with Gasteiger partial charge in [-0.05, 0) is 38.3 Å². The van der Waals surface area contributed by atoms with E-state index >= 15 is 0 Å². The van der Waals surface area contributed by atoms with E-state index in [0.717, 1.165) is 51.6 Å². The first-order valence-corrected chi connectivity index (χ1v) is 10.3. The van der Waals surface area contributed by atoms with Gasteiger partial charge in [-0.2, -0.15) is 0 Å². The molecule has 1 aromatic carbocycles. The zero-order valence-corrected chi connectivity index (χ0v) is 15.8. The van der Waals surface area contributed by atoms with Crippen molar-refractivity contribution < 1.29 is 14.6 Å². The first-order valence-electron chi connectivity index (χ1n) is 10.3. The minimum atomic E-state index is -1.50. The molecule has 0 amide bonds. The van der Waals surface area contributed by atoms with Crippen LogP contribution in [0.1, 0.15) is 50.5 Å². The summed E-state index contributed by atoms with van der Waals surface area (Å²) < 4.78 is 6.12. The normalized spacial score (nSPS) is 32.2. The van der Waals surface area contributed by atoms with Crippen molar-refractivity contribution in [3.05, 3.63) is 35.9 Å². The first-order chi connectivity index (χ1) is 12.6. The van der Waals surface area contributed by atoms with Gasteiger partial charge in [-0.1, -0.05) is 49.6 Å². The fourth-order valence-corrected chi connectivity index (χ4v) is 5.58. The smallest absolute Gasteiger partial charge is 0.343 e. The molecule has 3 aliphatic rings. The lowest BCUT2D eigenvalue weighted by Crippen LogP contribution is -2.54. The number of carbonyl (C=O) groups excluding carboxylic acids is 1. The summed E-state index contributed by atoms with van der Waals surface area (Å²) >= 11 is 0. The van der Waals surface area contributed by atoms with Gasteiger partial charge in [0, 0.05) is 30.8 Å². The van der Waals surface area contributed by atoms with Gasteiger partial charge in [0.05, 0.1) is 0 Å². The highest BCUT2D eigenvalue weighted by Gasteiger charge is 2.50. The van der Waals surface area contributed by atoms with Gasteiger partial charge in [-0.3, -0.25) is 0 Å². The Morgan fingerprint density at radius 2 is 1.65 bits per heavy atom. The molecular formula is C22H31NO3. The third kappa shape index (κ3) is 3.18. The number of likely N-dealkylation sites (tertiary alicyclic amines) is 1. The number of hydrogen-bond donors (Lipinski definition) is 1. The zero-order chi connectivity index (χ0) is 18.1. The molecule has 0 aromatic heterocycles. The van der Waals surface area contributed by atoms with Crippen LogP contribution in [0.5, 0.6) is 0 Å². The SMILES string of the molecule is CN1CC2CCCC(C1)C2OC(=O)C(O)(c1ccccc1)C1CCCC1. The van der Waals surface area contributed by atoms with Crippen LogP contribution in [0.15, 0.2) is 30.3 Å². The van der Waals surface area contributed by atoms with E-state index in [1.807, 2.05) is 30.3 Å². The van der Waals surface area contributed by atoms with Crippen molar-refractivity contribution in [1.29, 1.82) is 0 Å². The Morgan fingerprint density at radius 1 is 1.04 bits per heavy atom. The summed E-state index contributed by atoms with van der Waals surface area (Å²) in [6.07, 6.45) is 7.35. The highest BCUT2D eigenvalue weighted by Crippen LogP contribution is 2.43. The lowest BCUT2D eigenvalue weighted by atomic mass is 9.75. The summed E-state index contributed by atoms with van der Waals surface area (Å²) in [5.74, 6) is 0.352. The molecular weight excluding hydrogens is 326 g/mol. The standard InChI is InChI=1S/C22H31NO3/c1-23-14-16-8-7-9-17(15-23)20(16)26-21(24)22(25,19-12-5-6-13-19)18-10-3-2-4-11-18/h2-4,10-11,16-17,19-20,25H,5-9,12-15H2,1H3. The van der Waals surface area contributed by atoms with E-state index in [1.54, 1.807) is 0 Å². The van der Waals surface area contributed by atoms with E-state index in [4.69, 9.17) is 4.74 Å². The average Bonchev–Trinajstić information content (AvgIpc) is 3.17. The molecule has 1 heterocycles. The first kappa shape index (κ1) is 18.0. The fourth-order valence-electron chi connectivity index (χ4n) is 5.58. The summed E-state index contributed by atoms with van der Waals surface area (Å²) in [6.45, 7) is 1.98. The van der Waals surface area contributed by atoms with Crippen molar-refractivity contribution in [2.45, 2.75) is 56.7 Å². The molecule has 1 N–H and O–H groups in total. The predicted octanol–water partition coefficient (Wildman–Crippen LogP) is 3.34. The van der Waals surface area contributed by atoms with Crippen molar-refractivity contribution in [1.82, 2.24) is 4.90 Å². The predicted molar refractivity (Wildman–Crippen MR) is 101 cm³/mol. The van der Waals surface area contributed by atoms with Crippen LogP contribution >= 0.6 is 0 Å². The number of benzene rings is 1. The Bertz CT molecular complexity index is 614. The lowest BCUT2D eigenvalue weighted by Gasteiger charge is -2.46. The molecule has 2 aliphatic carbocycles. The topological polar surface area (TPSA) is 49.8 Å². The van der Waals surface area contributed by atoms with Gasteiger partial charge in [-0.25, -0.2) is 4.79 Å². The van der Waals surface area contributed by atoms with Crippen LogP contribution in [0.25, 0.3) is 0 Å². The minimum Gasteiger partial charge on any atom is -0.459 e. The average molecular weight is 357 g/mol. The van der Waals surface area contributed by atoms with Gasteiger partial charge < -0.3 is 14.7 Å². The zero-order valence-electron chi connectivity index (χ0n) is 15.8. The molecule has 4 nitrogen and oxygen atoms in total. The Morgan fingerprint density at radius 3 is 2.27 bits per heavy atom. The van der Waals surface area contributed by atoms with Gasteiger partial charge >= 0.3 is 5.97 Å². The summed E-state index contributed by atoms with van der Waals surface area (Å²) in [6, 6.07) is 9.45. The summed E-state index contributed by atoms with van der Waals surface area (Å²) in [7, 11) is 2.15. The number of ether oxygens (including phenoxy) is 1. The molecule has 1 aromatic rings. The van der Waals surface area contributed by atoms with Crippen LogP contribution in [0.3, 0.4) is 0 Å². The van der Waals surface area contributed by atoms with Gasteiger partial charge in [0.1, 0.15) is 6.10 Å². The van der Waals surface area contributed by atoms with Crippen molar-refractivity contribution in [2.24, 2.45) is 17.8 Å². The van der Waals surface area contributed by atoms with Crippen LogP contribution in [-0.2, 0) is 15.1 Å². The molecule has 3 fully saturated rings. The molecule has 1 saturated heterocycles. The van der Waals surface area contributed by atoms with E-state index < -0.39 is 11.6 Å². The number of aliphatic hydroxyl groups is 1. The van der Waals surface area contributed by atoms with Crippen LogP contribution in [0.2, 0.25) is 0 Å². The van der Waals surface area contributed by atoms with Crippen LogP contribution < -0.4 is 0 Å². The molecule has 4 rings (SSSR count). The highest BCUT2D eigenvalue weighted by atomic mass is 16.6. The quantitative estimate of drug-likeness (QED) is 0.840. The Kier molecular flexibility index (Phi) is 5.07. The van der Waals surface area contributed by atoms with Crippen LogP contribution in [0.4, 0.5) is 0 Å². The van der Waals surface area contributed by atoms with Gasteiger partial charge in [0.25, 0.3) is 0 Å². The molecule has 3 atom stereocenters. The number of rotatable bonds is 4. The summed E-state index contributed by atoms with van der Waals surface area (Å²) in [4.78, 5) is 15.7. The summed E-state index contributed by atoms with van der Waals surface area (Å²) in [5, 5.41) is 11.6. The van der Waals surface area contributed by atoms with Crippen LogP contribution in [0, 0.1) is 17.8 Å². The Hall–Kier alpha value is -1.39. The molecule has 3 unspecified atom stereocenters. The maximum atomic E-state index is 13.3. The minimum absolute atomic E-state index is 0.0379. The maximum Gasteiger partial charge on any atom is 0.343 e. The second-order valence-corrected chi connectivity index (χ2v) is 8.66. The van der Waals surface area contributed by atoms with Crippen molar-refractivity contribution in [3.63, 3.8) is 0 Å². The third-order valence-corrected chi connectivity index (χ3v) is 6.89. The van der Waals surface area contributed by atoms with E-state index in [0.29, 0.717) is 17.4 Å². The second kappa shape index (κ2) is 7.32.